The number of hydrogen-bond donors (Lipinski definition) is 0. The van der Waals surface area contributed by atoms with Crippen molar-refractivity contribution in [1.29, 1.82) is 0 Å². The van der Waals surface area contributed by atoms with Gasteiger partial charge in [0.25, 0.3) is 0 Å². The van der Waals surface area contributed by atoms with E-state index in [1.165, 1.54) is 0 Å². The van der Waals surface area contributed by atoms with Gasteiger partial charge in [0.05, 0.1) is 63.5 Å². The van der Waals surface area contributed by atoms with Gasteiger partial charge in [0, 0.05) is 32.3 Å². The van der Waals surface area contributed by atoms with Crippen LogP contribution in [0.3, 0.4) is 0 Å². The lowest BCUT2D eigenvalue weighted by Crippen LogP contribution is -2.28. The van der Waals surface area contributed by atoms with Gasteiger partial charge in [-0.1, -0.05) is 231 Å². The highest BCUT2D eigenvalue weighted by molar-refractivity contribution is 7.86. The topological polar surface area (TPSA) is 89.5 Å². The molecule has 10 aromatic rings. The highest BCUT2D eigenvalue weighted by atomic mass is 31.2. The maximum atomic E-state index is 16.9. The first-order valence-electron chi connectivity index (χ1n) is 25.7. The van der Waals surface area contributed by atoms with Crippen LogP contribution >= 0.6 is 14.3 Å². The van der Waals surface area contributed by atoms with Crippen molar-refractivity contribution in [3.05, 3.63) is 254 Å². The van der Waals surface area contributed by atoms with Gasteiger partial charge in [-0.2, -0.15) is 0 Å². The standard InChI is InChI=1S/C66H60O8P2/c67-75(55-29-11-3-12-30-55,56-31-13-4-14-32-56)61-47-53-27-19-21-37-59(53)63(65(61)73-45-43-69-39-41-71-49-51-23-7-1-8-24-51)64-60-38-22-20-28-54(60)48-62(76(68,57-33-15-5-16-34-57)58-35-17-6-18-36-58)66(64)74-46-44-70-40-42-72-50-52-25-9-2-10-26-52/h1-38,47-48H,39-46,49-50H2. The molecule has 0 amide bonds. The fraction of sp³-hybridized carbons (Fsp3) is 0.152. The summed E-state index contributed by atoms with van der Waals surface area (Å²) in [6, 6.07) is 78.9. The average molecular weight is 1040 g/mol. The summed E-state index contributed by atoms with van der Waals surface area (Å²) in [5, 5.41) is 6.97. The fourth-order valence-electron chi connectivity index (χ4n) is 9.66. The first-order valence-corrected chi connectivity index (χ1v) is 29.1. The second-order valence-corrected chi connectivity index (χ2v) is 23.7. The monoisotopic (exact) mass is 1040 g/mol. The molecule has 0 saturated carbocycles. The number of benzene rings is 10. The van der Waals surface area contributed by atoms with E-state index in [4.69, 9.17) is 28.4 Å². The number of rotatable bonds is 25. The van der Waals surface area contributed by atoms with E-state index in [2.05, 4.69) is 12.1 Å². The fourth-order valence-corrected chi connectivity index (χ4v) is 15.3. The van der Waals surface area contributed by atoms with Gasteiger partial charge < -0.3 is 37.6 Å². The lowest BCUT2D eigenvalue weighted by Gasteiger charge is -2.29. The lowest BCUT2D eigenvalue weighted by molar-refractivity contribution is 0.0303. The summed E-state index contributed by atoms with van der Waals surface area (Å²) >= 11 is 0. The molecule has 0 atom stereocenters. The zero-order valence-electron chi connectivity index (χ0n) is 42.3. The van der Waals surface area contributed by atoms with Crippen molar-refractivity contribution in [2.45, 2.75) is 13.2 Å². The van der Waals surface area contributed by atoms with Gasteiger partial charge >= 0.3 is 0 Å². The molecule has 0 aliphatic carbocycles. The highest BCUT2D eigenvalue weighted by Gasteiger charge is 2.39. The Labute approximate surface area is 445 Å². The van der Waals surface area contributed by atoms with Crippen molar-refractivity contribution < 1.29 is 37.6 Å². The Morgan fingerprint density at radius 2 is 0.566 bits per heavy atom. The Bertz CT molecular complexity index is 3220. The summed E-state index contributed by atoms with van der Waals surface area (Å²) < 4.78 is 72.5. The Balaban J connectivity index is 1.15. The Morgan fingerprint density at radius 3 is 0.908 bits per heavy atom. The molecule has 0 fully saturated rings. The molecular weight excluding hydrogens is 983 g/mol. The molecule has 0 saturated heterocycles. The minimum absolute atomic E-state index is 0.112. The van der Waals surface area contributed by atoms with Crippen LogP contribution in [0.2, 0.25) is 0 Å². The lowest BCUT2D eigenvalue weighted by atomic mass is 9.92. The summed E-state index contributed by atoms with van der Waals surface area (Å²) in [5.41, 5.74) is 3.48. The van der Waals surface area contributed by atoms with Crippen molar-refractivity contribution in [2.24, 2.45) is 0 Å². The molecule has 0 radical (unpaired) electrons. The van der Waals surface area contributed by atoms with Gasteiger partial charge in [-0.15, -0.1) is 0 Å². The van der Waals surface area contributed by atoms with E-state index in [0.29, 0.717) is 94.1 Å². The zero-order valence-corrected chi connectivity index (χ0v) is 44.1. The molecule has 0 aliphatic heterocycles. The van der Waals surface area contributed by atoms with E-state index in [-0.39, 0.29) is 26.4 Å². The number of fused-ring (bicyclic) bond motifs is 2. The maximum Gasteiger partial charge on any atom is 0.174 e. The van der Waals surface area contributed by atoms with E-state index in [0.717, 1.165) is 32.7 Å². The van der Waals surface area contributed by atoms with Crippen molar-refractivity contribution in [2.75, 3.05) is 52.9 Å². The van der Waals surface area contributed by atoms with Crippen molar-refractivity contribution >= 4 is 67.7 Å². The molecule has 10 rings (SSSR count). The highest BCUT2D eigenvalue weighted by Crippen LogP contribution is 2.55. The quantitative estimate of drug-likeness (QED) is 0.0413. The predicted octanol–water partition coefficient (Wildman–Crippen LogP) is 12.2. The van der Waals surface area contributed by atoms with Crippen LogP contribution in [0.5, 0.6) is 11.5 Å². The van der Waals surface area contributed by atoms with Gasteiger partial charge in [0.1, 0.15) is 24.7 Å². The summed E-state index contributed by atoms with van der Waals surface area (Å²) in [4.78, 5) is 0. The summed E-state index contributed by atoms with van der Waals surface area (Å²) in [7, 11) is -7.51. The van der Waals surface area contributed by atoms with Crippen LogP contribution < -0.4 is 41.3 Å². The van der Waals surface area contributed by atoms with Crippen molar-refractivity contribution in [3.63, 3.8) is 0 Å². The molecule has 0 heterocycles. The molecule has 76 heavy (non-hydrogen) atoms. The van der Waals surface area contributed by atoms with Crippen LogP contribution in [0.4, 0.5) is 0 Å². The average Bonchev–Trinajstić information content (AvgIpc) is 3.59. The summed E-state index contributed by atoms with van der Waals surface area (Å²) in [6.45, 7) is 3.10. The molecule has 0 spiro atoms. The normalized spacial score (nSPS) is 11.7. The van der Waals surface area contributed by atoms with E-state index >= 15 is 9.13 Å². The minimum atomic E-state index is -3.75. The molecular formula is C66H60O8P2. The van der Waals surface area contributed by atoms with Crippen LogP contribution in [-0.2, 0) is 41.3 Å². The largest absolute Gasteiger partial charge is 0.490 e. The maximum absolute atomic E-state index is 16.9. The van der Waals surface area contributed by atoms with Gasteiger partial charge in [-0.05, 0) is 44.8 Å². The van der Waals surface area contributed by atoms with Gasteiger partial charge in [0.2, 0.25) is 0 Å². The molecule has 0 aliphatic rings. The first kappa shape index (κ1) is 52.1. The molecule has 8 nitrogen and oxygen atoms in total. The SMILES string of the molecule is O=P(c1ccccc1)(c1ccccc1)c1cc2ccccc2c(-c2c(OCCOCCOCc3ccccc3)c(P(=O)(c3ccccc3)c3ccccc3)cc3ccccc23)c1OCCOCCOCc1ccccc1. The van der Waals surface area contributed by atoms with E-state index in [1.807, 2.05) is 231 Å². The zero-order chi connectivity index (χ0) is 51.8. The molecule has 382 valence electrons. The molecule has 0 aromatic heterocycles. The van der Waals surface area contributed by atoms with E-state index in [1.54, 1.807) is 0 Å². The second-order valence-electron chi connectivity index (χ2n) is 18.2. The van der Waals surface area contributed by atoms with Crippen LogP contribution in [0.15, 0.2) is 243 Å². The van der Waals surface area contributed by atoms with Gasteiger partial charge in [-0.25, -0.2) is 0 Å². The Kier molecular flexibility index (Phi) is 17.4. The van der Waals surface area contributed by atoms with Crippen molar-refractivity contribution in [1.82, 2.24) is 0 Å². The second kappa shape index (κ2) is 25.4. The predicted molar refractivity (Wildman–Crippen MR) is 310 cm³/mol. The van der Waals surface area contributed by atoms with Crippen LogP contribution in [0.1, 0.15) is 11.1 Å². The van der Waals surface area contributed by atoms with Crippen LogP contribution in [-0.4, -0.2) is 52.9 Å². The molecule has 0 unspecified atom stereocenters. The third-order valence-corrected chi connectivity index (χ3v) is 19.4. The third-order valence-electron chi connectivity index (χ3n) is 13.3. The molecule has 10 aromatic carbocycles. The molecule has 0 bridgehead atoms. The third kappa shape index (κ3) is 11.7. The minimum Gasteiger partial charge on any atom is -0.490 e. The number of ether oxygens (including phenoxy) is 6. The first-order chi connectivity index (χ1) is 37.5. The van der Waals surface area contributed by atoms with Crippen LogP contribution in [0, 0.1) is 0 Å². The van der Waals surface area contributed by atoms with Gasteiger partial charge in [0.15, 0.2) is 14.3 Å². The van der Waals surface area contributed by atoms with Crippen molar-refractivity contribution in [3.8, 4) is 22.6 Å². The van der Waals surface area contributed by atoms with E-state index in [9.17, 15) is 0 Å². The molecule has 10 heteroatoms. The molecule has 0 N–H and O–H groups in total. The van der Waals surface area contributed by atoms with Crippen LogP contribution in [0.25, 0.3) is 32.7 Å². The van der Waals surface area contributed by atoms with E-state index < -0.39 is 14.3 Å². The Hall–Kier alpha value is -7.38. The smallest absolute Gasteiger partial charge is 0.174 e. The number of hydrogen-bond acceptors (Lipinski definition) is 8. The summed E-state index contributed by atoms with van der Waals surface area (Å²) in [5.74, 6) is 0.818. The van der Waals surface area contributed by atoms with Gasteiger partial charge in [-0.3, -0.25) is 0 Å². The summed E-state index contributed by atoms with van der Waals surface area (Å²) in [6.07, 6.45) is 0. The Morgan fingerprint density at radius 1 is 0.289 bits per heavy atom.